The summed E-state index contributed by atoms with van der Waals surface area (Å²) in [6, 6.07) is 8.73. The van der Waals surface area contributed by atoms with Crippen LogP contribution in [0, 0.1) is 3.57 Å². The van der Waals surface area contributed by atoms with Gasteiger partial charge in [0, 0.05) is 20.9 Å². The van der Waals surface area contributed by atoms with E-state index in [0.29, 0.717) is 0 Å². The molecule has 1 aromatic heterocycles. The Bertz CT molecular complexity index is 587. The average Bonchev–Trinajstić information content (AvgIpc) is 2.86. The van der Waals surface area contributed by atoms with Crippen LogP contribution in [-0.4, -0.2) is 9.78 Å². The fourth-order valence-electron chi connectivity index (χ4n) is 2.73. The van der Waals surface area contributed by atoms with E-state index in [9.17, 15) is 0 Å². The first-order valence-corrected chi connectivity index (χ1v) is 8.76. The summed E-state index contributed by atoms with van der Waals surface area (Å²) in [5.41, 5.74) is 11.3. The molecular weight excluding hydrogens is 373 g/mol. The Hall–Kier alpha value is -0.880. The van der Waals surface area contributed by atoms with Crippen LogP contribution in [0.15, 0.2) is 24.3 Å². The van der Waals surface area contributed by atoms with Gasteiger partial charge in [-0.25, -0.2) is 0 Å². The van der Waals surface area contributed by atoms with Gasteiger partial charge >= 0.3 is 0 Å². The van der Waals surface area contributed by atoms with Gasteiger partial charge in [-0.3, -0.25) is 4.68 Å². The molecule has 0 fully saturated rings. The highest BCUT2D eigenvalue weighted by molar-refractivity contribution is 14.1. The Balaban J connectivity index is 2.39. The Morgan fingerprint density at radius 3 is 2.33 bits per heavy atom. The average molecular weight is 397 g/mol. The summed E-state index contributed by atoms with van der Waals surface area (Å²) in [4.78, 5) is 0. The fourth-order valence-corrected chi connectivity index (χ4v) is 3.08. The molecule has 0 aliphatic rings. The van der Waals surface area contributed by atoms with Crippen LogP contribution in [0.5, 0.6) is 0 Å². The third-order valence-electron chi connectivity index (χ3n) is 3.90. The maximum atomic E-state index is 6.32. The molecule has 114 valence electrons. The fraction of sp³-hybridized carbons (Fsp3) is 0.471. The molecule has 0 spiro atoms. The Morgan fingerprint density at radius 1 is 1.14 bits per heavy atom. The lowest BCUT2D eigenvalue weighted by molar-refractivity contribution is 0.632. The lowest BCUT2D eigenvalue weighted by Crippen LogP contribution is -2.13. The number of hydrogen-bond acceptors (Lipinski definition) is 2. The van der Waals surface area contributed by atoms with Crippen LogP contribution in [-0.2, 0) is 19.4 Å². The topological polar surface area (TPSA) is 43.8 Å². The van der Waals surface area contributed by atoms with Crippen LogP contribution in [0.2, 0.25) is 0 Å². The lowest BCUT2D eigenvalue weighted by Gasteiger charge is -2.12. The summed E-state index contributed by atoms with van der Waals surface area (Å²) in [7, 11) is 0. The molecular formula is C17H24IN3. The van der Waals surface area contributed by atoms with Gasteiger partial charge in [0.2, 0.25) is 0 Å². The van der Waals surface area contributed by atoms with E-state index in [1.165, 1.54) is 20.4 Å². The molecule has 0 amide bonds. The molecule has 0 aliphatic carbocycles. The number of aromatic nitrogens is 2. The van der Waals surface area contributed by atoms with Gasteiger partial charge < -0.3 is 5.73 Å². The summed E-state index contributed by atoms with van der Waals surface area (Å²) >= 11 is 2.33. The summed E-state index contributed by atoms with van der Waals surface area (Å²) in [6.07, 6.45) is 2.87. The predicted molar refractivity (Wildman–Crippen MR) is 96.5 cm³/mol. The van der Waals surface area contributed by atoms with E-state index in [0.717, 1.165) is 31.5 Å². The van der Waals surface area contributed by atoms with Crippen molar-refractivity contribution in [2.75, 3.05) is 0 Å². The van der Waals surface area contributed by atoms with Gasteiger partial charge in [0.25, 0.3) is 0 Å². The summed E-state index contributed by atoms with van der Waals surface area (Å²) in [6.45, 7) is 7.30. The molecule has 21 heavy (non-hydrogen) atoms. The van der Waals surface area contributed by atoms with E-state index in [1.54, 1.807) is 0 Å². The molecule has 0 aliphatic heterocycles. The molecule has 1 unspecified atom stereocenters. The van der Waals surface area contributed by atoms with Crippen LogP contribution >= 0.6 is 22.6 Å². The molecule has 0 bridgehead atoms. The van der Waals surface area contributed by atoms with Crippen molar-refractivity contribution in [3.8, 4) is 0 Å². The Morgan fingerprint density at radius 2 is 1.81 bits per heavy atom. The van der Waals surface area contributed by atoms with Crippen LogP contribution in [0.25, 0.3) is 0 Å². The highest BCUT2D eigenvalue weighted by Crippen LogP contribution is 2.25. The molecule has 0 radical (unpaired) electrons. The summed E-state index contributed by atoms with van der Waals surface area (Å²) in [5.74, 6) is 0. The third-order valence-corrected chi connectivity index (χ3v) is 4.62. The maximum absolute atomic E-state index is 6.32. The van der Waals surface area contributed by atoms with Crippen molar-refractivity contribution in [2.45, 2.75) is 52.6 Å². The first-order chi connectivity index (χ1) is 10.1. The van der Waals surface area contributed by atoms with E-state index in [-0.39, 0.29) is 6.04 Å². The van der Waals surface area contributed by atoms with Crippen LogP contribution in [0.1, 0.15) is 55.7 Å². The highest BCUT2D eigenvalue weighted by atomic mass is 127. The largest absolute Gasteiger partial charge is 0.324 e. The Labute approximate surface area is 141 Å². The standard InChI is InChI=1S/C17H24IN3/c1-4-14(19)17-15(5-2)20-21(16(17)6-3)11-12-7-9-13(18)10-8-12/h7-10,14H,4-6,11,19H2,1-3H3. The van der Waals surface area contributed by atoms with E-state index >= 15 is 0 Å². The number of aryl methyl sites for hydroxylation is 1. The zero-order valence-corrected chi connectivity index (χ0v) is 15.2. The minimum absolute atomic E-state index is 0.0976. The minimum Gasteiger partial charge on any atom is -0.324 e. The molecule has 2 N–H and O–H groups in total. The molecule has 1 aromatic carbocycles. The highest BCUT2D eigenvalue weighted by Gasteiger charge is 2.19. The van der Waals surface area contributed by atoms with Gasteiger partial charge in [-0.05, 0) is 59.5 Å². The number of benzene rings is 1. The van der Waals surface area contributed by atoms with Crippen molar-refractivity contribution in [1.29, 1.82) is 0 Å². The first kappa shape index (κ1) is 16.5. The molecule has 0 saturated heterocycles. The second-order valence-corrected chi connectivity index (χ2v) is 6.56. The number of halogens is 1. The van der Waals surface area contributed by atoms with Gasteiger partial charge in [-0.15, -0.1) is 0 Å². The monoisotopic (exact) mass is 397 g/mol. The number of hydrogen-bond donors (Lipinski definition) is 1. The number of rotatable bonds is 6. The van der Waals surface area contributed by atoms with Crippen LogP contribution in [0.4, 0.5) is 0 Å². The van der Waals surface area contributed by atoms with Gasteiger partial charge in [-0.2, -0.15) is 5.10 Å². The van der Waals surface area contributed by atoms with Gasteiger partial charge in [0.05, 0.1) is 12.2 Å². The normalized spacial score (nSPS) is 12.6. The second kappa shape index (κ2) is 7.40. The molecule has 0 saturated carbocycles. The third kappa shape index (κ3) is 3.66. The zero-order valence-electron chi connectivity index (χ0n) is 13.1. The van der Waals surface area contributed by atoms with Gasteiger partial charge in [-0.1, -0.05) is 32.9 Å². The van der Waals surface area contributed by atoms with E-state index in [4.69, 9.17) is 10.8 Å². The van der Waals surface area contributed by atoms with Gasteiger partial charge in [0.1, 0.15) is 0 Å². The van der Waals surface area contributed by atoms with Crippen LogP contribution < -0.4 is 5.73 Å². The number of nitrogens with two attached hydrogens (primary N) is 1. The molecule has 2 rings (SSSR count). The Kier molecular flexibility index (Phi) is 5.81. The maximum Gasteiger partial charge on any atom is 0.0672 e. The SMILES string of the molecule is CCc1nn(Cc2ccc(I)cc2)c(CC)c1C(N)CC. The quantitative estimate of drug-likeness (QED) is 0.747. The van der Waals surface area contributed by atoms with Crippen molar-refractivity contribution >= 4 is 22.6 Å². The first-order valence-electron chi connectivity index (χ1n) is 7.69. The van der Waals surface area contributed by atoms with Crippen molar-refractivity contribution < 1.29 is 0 Å². The lowest BCUT2D eigenvalue weighted by atomic mass is 10.00. The molecule has 1 heterocycles. The smallest absolute Gasteiger partial charge is 0.0672 e. The molecule has 3 nitrogen and oxygen atoms in total. The molecule has 4 heteroatoms. The van der Waals surface area contributed by atoms with Crippen molar-refractivity contribution in [3.05, 3.63) is 50.4 Å². The van der Waals surface area contributed by atoms with E-state index < -0.39 is 0 Å². The van der Waals surface area contributed by atoms with Gasteiger partial charge in [0.15, 0.2) is 0 Å². The summed E-state index contributed by atoms with van der Waals surface area (Å²) in [5, 5.41) is 4.82. The van der Waals surface area contributed by atoms with Crippen LogP contribution in [0.3, 0.4) is 0 Å². The molecule has 1 atom stereocenters. The zero-order chi connectivity index (χ0) is 15.4. The predicted octanol–water partition coefficient (Wildman–Crippen LogP) is 4.07. The van der Waals surface area contributed by atoms with E-state index in [2.05, 4.69) is 72.3 Å². The molecule has 2 aromatic rings. The second-order valence-electron chi connectivity index (χ2n) is 5.31. The minimum atomic E-state index is 0.0976. The summed E-state index contributed by atoms with van der Waals surface area (Å²) < 4.78 is 3.40. The van der Waals surface area contributed by atoms with Crippen molar-refractivity contribution in [2.24, 2.45) is 5.73 Å². The number of nitrogens with zero attached hydrogens (tertiary/aromatic N) is 2. The van der Waals surface area contributed by atoms with Crippen molar-refractivity contribution in [1.82, 2.24) is 9.78 Å². The van der Waals surface area contributed by atoms with Crippen molar-refractivity contribution in [3.63, 3.8) is 0 Å². The van der Waals surface area contributed by atoms with E-state index in [1.807, 2.05) is 0 Å².